The molecule has 4 rings (SSSR count). The summed E-state index contributed by atoms with van der Waals surface area (Å²) in [5.74, 6) is 2.90. The zero-order chi connectivity index (χ0) is 12.8. The average Bonchev–Trinajstić information content (AvgIpc) is 3.01. The quantitative estimate of drug-likeness (QED) is 0.841. The van der Waals surface area contributed by atoms with Crippen LogP contribution in [0.2, 0.25) is 0 Å². The van der Waals surface area contributed by atoms with Crippen molar-refractivity contribution in [2.75, 3.05) is 19.6 Å². The fourth-order valence-corrected chi connectivity index (χ4v) is 3.40. The van der Waals surface area contributed by atoms with Crippen molar-refractivity contribution in [1.29, 1.82) is 0 Å². The maximum atomic E-state index is 4.86. The third-order valence-electron chi connectivity index (χ3n) is 4.67. The van der Waals surface area contributed by atoms with Crippen molar-refractivity contribution in [1.82, 2.24) is 14.5 Å². The van der Waals surface area contributed by atoms with Gasteiger partial charge in [-0.15, -0.1) is 0 Å². The topological polar surface area (TPSA) is 21.1 Å². The van der Waals surface area contributed by atoms with E-state index in [1.54, 1.807) is 0 Å². The molecule has 100 valence electrons. The van der Waals surface area contributed by atoms with Gasteiger partial charge in [0.2, 0.25) is 0 Å². The summed E-state index contributed by atoms with van der Waals surface area (Å²) in [4.78, 5) is 7.50. The van der Waals surface area contributed by atoms with Gasteiger partial charge in [0.1, 0.15) is 5.82 Å². The van der Waals surface area contributed by atoms with Gasteiger partial charge in [0.25, 0.3) is 0 Å². The van der Waals surface area contributed by atoms with Crippen LogP contribution in [-0.4, -0.2) is 34.1 Å². The van der Waals surface area contributed by atoms with Crippen molar-refractivity contribution >= 4 is 11.0 Å². The molecule has 1 saturated heterocycles. The fourth-order valence-electron chi connectivity index (χ4n) is 3.40. The summed E-state index contributed by atoms with van der Waals surface area (Å²) in [5.41, 5.74) is 2.40. The van der Waals surface area contributed by atoms with Crippen molar-refractivity contribution in [3.05, 3.63) is 30.1 Å². The van der Waals surface area contributed by atoms with Gasteiger partial charge in [-0.1, -0.05) is 12.1 Å². The number of fused-ring (bicyclic) bond motifs is 1. The number of nitrogens with zero attached hydrogens (tertiary/aromatic N) is 3. The van der Waals surface area contributed by atoms with Gasteiger partial charge >= 0.3 is 0 Å². The van der Waals surface area contributed by atoms with E-state index in [4.69, 9.17) is 4.98 Å². The summed E-state index contributed by atoms with van der Waals surface area (Å²) in [6, 6.07) is 8.47. The van der Waals surface area contributed by atoms with E-state index in [1.807, 2.05) is 0 Å². The minimum Gasteiger partial charge on any atom is -0.331 e. The molecule has 1 aromatic heterocycles. The molecule has 0 N–H and O–H groups in total. The second kappa shape index (κ2) is 4.34. The molecule has 1 unspecified atom stereocenters. The third kappa shape index (κ3) is 2.06. The Hall–Kier alpha value is -1.35. The SMILES string of the molecule is Cn1c(C2CCN(CC3CC3)C2)nc2ccccc21. The molecule has 1 aromatic carbocycles. The van der Waals surface area contributed by atoms with Crippen LogP contribution in [0.5, 0.6) is 0 Å². The molecule has 3 heteroatoms. The van der Waals surface area contributed by atoms with Crippen LogP contribution in [0.15, 0.2) is 24.3 Å². The minimum absolute atomic E-state index is 0.621. The molecule has 0 radical (unpaired) electrons. The Balaban J connectivity index is 1.58. The van der Waals surface area contributed by atoms with Crippen LogP contribution in [0.3, 0.4) is 0 Å². The van der Waals surface area contributed by atoms with Crippen LogP contribution in [-0.2, 0) is 7.05 Å². The smallest absolute Gasteiger partial charge is 0.114 e. The second-order valence-corrected chi connectivity index (χ2v) is 6.21. The van der Waals surface area contributed by atoms with E-state index in [2.05, 4.69) is 40.8 Å². The molecule has 3 nitrogen and oxygen atoms in total. The van der Waals surface area contributed by atoms with E-state index >= 15 is 0 Å². The van der Waals surface area contributed by atoms with Crippen molar-refractivity contribution in [2.45, 2.75) is 25.2 Å². The maximum Gasteiger partial charge on any atom is 0.114 e. The summed E-state index contributed by atoms with van der Waals surface area (Å²) in [7, 11) is 2.16. The van der Waals surface area contributed by atoms with Gasteiger partial charge in [-0.2, -0.15) is 0 Å². The lowest BCUT2D eigenvalue weighted by molar-refractivity contribution is 0.319. The van der Waals surface area contributed by atoms with Gasteiger partial charge in [-0.3, -0.25) is 0 Å². The predicted molar refractivity (Wildman–Crippen MR) is 77.2 cm³/mol. The highest BCUT2D eigenvalue weighted by Gasteiger charge is 2.31. The van der Waals surface area contributed by atoms with E-state index < -0.39 is 0 Å². The molecule has 1 atom stereocenters. The van der Waals surface area contributed by atoms with Gasteiger partial charge in [0, 0.05) is 26.1 Å². The molecule has 19 heavy (non-hydrogen) atoms. The van der Waals surface area contributed by atoms with Crippen LogP contribution in [0, 0.1) is 5.92 Å². The van der Waals surface area contributed by atoms with Gasteiger partial charge in [0.05, 0.1) is 11.0 Å². The van der Waals surface area contributed by atoms with Gasteiger partial charge in [0.15, 0.2) is 0 Å². The number of benzene rings is 1. The van der Waals surface area contributed by atoms with E-state index in [0.717, 1.165) is 11.4 Å². The first-order valence-corrected chi connectivity index (χ1v) is 7.45. The molecular formula is C16H21N3. The summed E-state index contributed by atoms with van der Waals surface area (Å²) < 4.78 is 2.29. The monoisotopic (exact) mass is 255 g/mol. The lowest BCUT2D eigenvalue weighted by Gasteiger charge is -2.15. The Labute approximate surface area is 114 Å². The normalized spacial score (nSPS) is 24.4. The Morgan fingerprint density at radius 2 is 2.05 bits per heavy atom. The Bertz CT molecular complexity index is 597. The largest absolute Gasteiger partial charge is 0.331 e. The maximum absolute atomic E-state index is 4.86. The van der Waals surface area contributed by atoms with Crippen LogP contribution in [0.25, 0.3) is 11.0 Å². The number of para-hydroxylation sites is 2. The van der Waals surface area contributed by atoms with Crippen LogP contribution in [0.4, 0.5) is 0 Å². The Morgan fingerprint density at radius 3 is 2.84 bits per heavy atom. The highest BCUT2D eigenvalue weighted by molar-refractivity contribution is 5.75. The molecule has 1 aliphatic heterocycles. The summed E-state index contributed by atoms with van der Waals surface area (Å²) in [5, 5.41) is 0. The van der Waals surface area contributed by atoms with E-state index in [9.17, 15) is 0 Å². The fraction of sp³-hybridized carbons (Fsp3) is 0.562. The molecule has 0 amide bonds. The molecule has 2 aromatic rings. The van der Waals surface area contributed by atoms with Crippen LogP contribution < -0.4 is 0 Å². The highest BCUT2D eigenvalue weighted by Crippen LogP contribution is 2.34. The predicted octanol–water partition coefficient (Wildman–Crippen LogP) is 2.77. The second-order valence-electron chi connectivity index (χ2n) is 6.21. The van der Waals surface area contributed by atoms with Crippen molar-refractivity contribution in [3.8, 4) is 0 Å². The minimum atomic E-state index is 0.621. The molecule has 2 aliphatic rings. The molecule has 2 heterocycles. The van der Waals surface area contributed by atoms with Gasteiger partial charge in [-0.25, -0.2) is 4.98 Å². The third-order valence-corrected chi connectivity index (χ3v) is 4.67. The first kappa shape index (κ1) is 11.5. The van der Waals surface area contributed by atoms with Crippen LogP contribution >= 0.6 is 0 Å². The first-order chi connectivity index (χ1) is 9.31. The van der Waals surface area contributed by atoms with E-state index in [-0.39, 0.29) is 0 Å². The van der Waals surface area contributed by atoms with Gasteiger partial charge in [-0.05, 0) is 43.9 Å². The standard InChI is InChI=1S/C16H21N3/c1-18-15-5-3-2-4-14(15)17-16(18)13-8-9-19(11-13)10-12-6-7-12/h2-5,12-13H,6-11H2,1H3. The van der Waals surface area contributed by atoms with Crippen molar-refractivity contribution in [3.63, 3.8) is 0 Å². The molecular weight excluding hydrogens is 234 g/mol. The van der Waals surface area contributed by atoms with E-state index in [0.29, 0.717) is 5.92 Å². The number of hydrogen-bond donors (Lipinski definition) is 0. The zero-order valence-electron chi connectivity index (χ0n) is 11.5. The Morgan fingerprint density at radius 1 is 1.21 bits per heavy atom. The number of likely N-dealkylation sites (tertiary alicyclic amines) is 1. The number of aromatic nitrogens is 2. The number of rotatable bonds is 3. The average molecular weight is 255 g/mol. The summed E-state index contributed by atoms with van der Waals surface area (Å²) >= 11 is 0. The van der Waals surface area contributed by atoms with Crippen molar-refractivity contribution < 1.29 is 0 Å². The van der Waals surface area contributed by atoms with Gasteiger partial charge < -0.3 is 9.47 Å². The lowest BCUT2D eigenvalue weighted by atomic mass is 10.1. The number of hydrogen-bond acceptors (Lipinski definition) is 2. The summed E-state index contributed by atoms with van der Waals surface area (Å²) in [6.07, 6.45) is 4.17. The van der Waals surface area contributed by atoms with Crippen molar-refractivity contribution in [2.24, 2.45) is 13.0 Å². The molecule has 2 fully saturated rings. The zero-order valence-corrected chi connectivity index (χ0v) is 11.5. The lowest BCUT2D eigenvalue weighted by Crippen LogP contribution is -2.23. The number of aryl methyl sites for hydroxylation is 1. The Kier molecular flexibility index (Phi) is 2.62. The molecule has 1 saturated carbocycles. The number of imidazole rings is 1. The molecule has 0 bridgehead atoms. The molecule has 0 spiro atoms. The molecule has 1 aliphatic carbocycles. The summed E-state index contributed by atoms with van der Waals surface area (Å²) in [6.45, 7) is 3.78. The van der Waals surface area contributed by atoms with Crippen LogP contribution in [0.1, 0.15) is 31.0 Å². The van der Waals surface area contributed by atoms with E-state index in [1.165, 1.54) is 50.2 Å². The highest BCUT2D eigenvalue weighted by atomic mass is 15.2. The first-order valence-electron chi connectivity index (χ1n) is 7.45.